The smallest absolute Gasteiger partial charge is 0.132 e. The van der Waals surface area contributed by atoms with Crippen LogP contribution in [0.1, 0.15) is 33.6 Å². The van der Waals surface area contributed by atoms with E-state index in [9.17, 15) is 5.11 Å². The van der Waals surface area contributed by atoms with Gasteiger partial charge in [0.15, 0.2) is 0 Å². The minimum Gasteiger partial charge on any atom is -0.394 e. The van der Waals surface area contributed by atoms with E-state index in [1.165, 1.54) is 0 Å². The van der Waals surface area contributed by atoms with E-state index >= 15 is 0 Å². The van der Waals surface area contributed by atoms with Gasteiger partial charge < -0.3 is 9.94 Å². The second-order valence-electron chi connectivity index (χ2n) is 4.94. The predicted octanol–water partition coefficient (Wildman–Crippen LogP) is 1.49. The van der Waals surface area contributed by atoms with Crippen molar-refractivity contribution < 1.29 is 9.94 Å². The summed E-state index contributed by atoms with van der Waals surface area (Å²) in [5, 5.41) is 13.6. The fourth-order valence-electron chi connectivity index (χ4n) is 1.92. The molecule has 4 nitrogen and oxygen atoms in total. The Morgan fingerprint density at radius 2 is 2.33 bits per heavy atom. The summed E-state index contributed by atoms with van der Waals surface area (Å²) in [6.07, 6.45) is 1.79. The molecule has 0 aromatic rings. The van der Waals surface area contributed by atoms with Crippen LogP contribution in [0.25, 0.3) is 0 Å². The molecule has 0 aromatic heterocycles. The molecular formula is C14H24N2O2. The number of piperidine rings is 1. The highest BCUT2D eigenvalue weighted by Crippen LogP contribution is 2.09. The van der Waals surface area contributed by atoms with Gasteiger partial charge >= 0.3 is 0 Å². The molecule has 1 heterocycles. The van der Waals surface area contributed by atoms with Crippen LogP contribution in [0.2, 0.25) is 0 Å². The molecule has 0 radical (unpaired) electrons. The molecule has 1 saturated heterocycles. The molecule has 1 unspecified atom stereocenters. The summed E-state index contributed by atoms with van der Waals surface area (Å²) < 4.78 is 0. The number of hydrogen-bond donors (Lipinski definition) is 1. The Morgan fingerprint density at radius 1 is 1.56 bits per heavy atom. The van der Waals surface area contributed by atoms with E-state index in [0.717, 1.165) is 38.2 Å². The molecule has 1 N–H and O–H groups in total. The van der Waals surface area contributed by atoms with Crippen molar-refractivity contribution in [1.29, 1.82) is 0 Å². The largest absolute Gasteiger partial charge is 0.394 e. The van der Waals surface area contributed by atoms with E-state index in [1.807, 2.05) is 13.8 Å². The van der Waals surface area contributed by atoms with Crippen molar-refractivity contribution in [2.75, 3.05) is 26.2 Å². The number of likely N-dealkylation sites (tertiary alicyclic amines) is 1. The predicted molar refractivity (Wildman–Crippen MR) is 73.4 cm³/mol. The third kappa shape index (κ3) is 5.52. The zero-order chi connectivity index (χ0) is 13.4. The van der Waals surface area contributed by atoms with E-state index in [0.29, 0.717) is 6.61 Å². The van der Waals surface area contributed by atoms with Crippen molar-refractivity contribution in [3.63, 3.8) is 0 Å². The van der Waals surface area contributed by atoms with Crippen molar-refractivity contribution >= 4 is 5.71 Å². The van der Waals surface area contributed by atoms with Gasteiger partial charge in [-0.15, -0.1) is 0 Å². The normalized spacial score (nSPS) is 21.6. The Morgan fingerprint density at radius 3 is 2.94 bits per heavy atom. The van der Waals surface area contributed by atoms with E-state index in [4.69, 9.17) is 4.84 Å². The highest BCUT2D eigenvalue weighted by Gasteiger charge is 2.16. The summed E-state index contributed by atoms with van der Waals surface area (Å²) >= 11 is 0. The Bertz CT molecular complexity index is 328. The summed E-state index contributed by atoms with van der Waals surface area (Å²) in [4.78, 5) is 7.52. The van der Waals surface area contributed by atoms with Gasteiger partial charge in [0.1, 0.15) is 12.3 Å². The fraction of sp³-hybridized carbons (Fsp3) is 0.786. The average molecular weight is 252 g/mol. The van der Waals surface area contributed by atoms with Crippen molar-refractivity contribution in [1.82, 2.24) is 4.90 Å². The number of oxime groups is 1. The Balaban J connectivity index is 2.27. The summed E-state index contributed by atoms with van der Waals surface area (Å²) in [7, 11) is 0. The average Bonchev–Trinajstić information content (AvgIpc) is 2.33. The van der Waals surface area contributed by atoms with Gasteiger partial charge in [0.25, 0.3) is 0 Å². The molecular weight excluding hydrogens is 228 g/mol. The van der Waals surface area contributed by atoms with Crippen LogP contribution in [0.15, 0.2) is 5.16 Å². The molecule has 0 aromatic carbocycles. The minimum absolute atomic E-state index is 0.181. The molecule has 1 aliphatic heterocycles. The first-order chi connectivity index (χ1) is 8.63. The van der Waals surface area contributed by atoms with Crippen LogP contribution in [0.5, 0.6) is 0 Å². The van der Waals surface area contributed by atoms with Crippen molar-refractivity contribution in [2.24, 2.45) is 11.1 Å². The van der Waals surface area contributed by atoms with Crippen molar-refractivity contribution in [3.8, 4) is 11.8 Å². The zero-order valence-electron chi connectivity index (χ0n) is 11.6. The molecule has 1 aliphatic rings. The quantitative estimate of drug-likeness (QED) is 0.349. The first-order valence-corrected chi connectivity index (χ1v) is 6.66. The molecule has 0 spiro atoms. The number of aliphatic hydroxyl groups is 1. The molecule has 18 heavy (non-hydrogen) atoms. The first-order valence-electron chi connectivity index (χ1n) is 6.66. The second-order valence-corrected chi connectivity index (χ2v) is 4.94. The molecule has 4 heteroatoms. The minimum atomic E-state index is -0.181. The van der Waals surface area contributed by atoms with Gasteiger partial charge in [0.05, 0.1) is 6.10 Å². The van der Waals surface area contributed by atoms with E-state index in [1.54, 1.807) is 6.92 Å². The van der Waals surface area contributed by atoms with Crippen LogP contribution in [0.3, 0.4) is 0 Å². The van der Waals surface area contributed by atoms with Gasteiger partial charge in [-0.2, -0.15) is 0 Å². The first kappa shape index (κ1) is 15.0. The number of aliphatic hydroxyl groups excluding tert-OH is 1. The summed E-state index contributed by atoms with van der Waals surface area (Å²) in [5.74, 6) is 6.08. The number of rotatable bonds is 5. The van der Waals surface area contributed by atoms with Gasteiger partial charge in [-0.05, 0) is 32.2 Å². The molecule has 1 rings (SSSR count). The monoisotopic (exact) mass is 252 g/mol. The van der Waals surface area contributed by atoms with Crippen LogP contribution >= 0.6 is 0 Å². The lowest BCUT2D eigenvalue weighted by Gasteiger charge is -2.29. The number of β-amino-alcohol motifs (C(OH)–C–C–N with tert-alkyl or cyclic N) is 1. The lowest BCUT2D eigenvalue weighted by molar-refractivity contribution is 0.0463. The van der Waals surface area contributed by atoms with Crippen molar-refractivity contribution in [3.05, 3.63) is 0 Å². The maximum absolute atomic E-state index is 9.54. The van der Waals surface area contributed by atoms with Crippen LogP contribution in [-0.2, 0) is 4.84 Å². The highest BCUT2D eigenvalue weighted by molar-refractivity contribution is 6.01. The standard InChI is InChI=1S/C14H24N2O2/c1-4-6-14(12(2)3)15-18-10-9-16-8-5-7-13(17)11-16/h12-13,17H,5,7-11H2,1-3H3/b15-14+. The van der Waals surface area contributed by atoms with Gasteiger partial charge in [-0.25, -0.2) is 0 Å². The van der Waals surface area contributed by atoms with E-state index in [2.05, 4.69) is 21.9 Å². The van der Waals surface area contributed by atoms with E-state index in [-0.39, 0.29) is 12.0 Å². The Hall–Kier alpha value is -1.05. The van der Waals surface area contributed by atoms with Crippen molar-refractivity contribution in [2.45, 2.75) is 39.7 Å². The molecule has 1 atom stereocenters. The van der Waals surface area contributed by atoms with Crippen LogP contribution < -0.4 is 0 Å². The zero-order valence-corrected chi connectivity index (χ0v) is 11.6. The third-order valence-electron chi connectivity index (χ3n) is 2.94. The molecule has 0 bridgehead atoms. The Kier molecular flexibility index (Phi) is 6.77. The molecule has 102 valence electrons. The lowest BCUT2D eigenvalue weighted by Crippen LogP contribution is -2.39. The Labute approximate surface area is 110 Å². The summed E-state index contributed by atoms with van der Waals surface area (Å²) in [6, 6.07) is 0. The maximum Gasteiger partial charge on any atom is 0.132 e. The van der Waals surface area contributed by atoms with Gasteiger partial charge in [0.2, 0.25) is 0 Å². The highest BCUT2D eigenvalue weighted by atomic mass is 16.6. The van der Waals surface area contributed by atoms with Crippen LogP contribution in [-0.4, -0.2) is 48.1 Å². The second kappa shape index (κ2) is 8.12. The SMILES string of the molecule is CC#C/C(=N\OCCN1CCCC(O)C1)C(C)C. The van der Waals surface area contributed by atoms with E-state index < -0.39 is 0 Å². The summed E-state index contributed by atoms with van der Waals surface area (Å²) in [6.45, 7) is 9.04. The lowest BCUT2D eigenvalue weighted by atomic mass is 10.1. The summed E-state index contributed by atoms with van der Waals surface area (Å²) in [5.41, 5.74) is 0.788. The van der Waals surface area contributed by atoms with Crippen LogP contribution in [0, 0.1) is 17.8 Å². The van der Waals surface area contributed by atoms with Gasteiger partial charge in [-0.3, -0.25) is 4.90 Å². The van der Waals surface area contributed by atoms with Crippen LogP contribution in [0.4, 0.5) is 0 Å². The molecule has 0 aliphatic carbocycles. The fourth-order valence-corrected chi connectivity index (χ4v) is 1.92. The van der Waals surface area contributed by atoms with Gasteiger partial charge in [-0.1, -0.05) is 24.9 Å². The maximum atomic E-state index is 9.54. The molecule has 0 saturated carbocycles. The number of nitrogens with zero attached hydrogens (tertiary/aromatic N) is 2. The molecule has 0 amide bonds. The third-order valence-corrected chi connectivity index (χ3v) is 2.94. The van der Waals surface area contributed by atoms with Gasteiger partial charge in [0, 0.05) is 19.0 Å². The molecule has 1 fully saturated rings. The number of hydrogen-bond acceptors (Lipinski definition) is 4. The topological polar surface area (TPSA) is 45.1 Å².